The SMILES string of the molecule is CNCc1cc(S(=O)(=O)N2CCSC(C)C2C)c(C)o1. The van der Waals surface area contributed by atoms with Gasteiger partial charge in [-0.1, -0.05) is 6.92 Å². The summed E-state index contributed by atoms with van der Waals surface area (Å²) in [6, 6.07) is 1.64. The highest BCUT2D eigenvalue weighted by Gasteiger charge is 2.36. The van der Waals surface area contributed by atoms with Crippen LogP contribution in [-0.2, 0) is 16.6 Å². The third kappa shape index (κ3) is 2.90. The summed E-state index contributed by atoms with van der Waals surface area (Å²) in [5.74, 6) is 1.95. The first kappa shape index (κ1) is 15.9. The number of hydrogen-bond acceptors (Lipinski definition) is 5. The Balaban J connectivity index is 2.34. The monoisotopic (exact) mass is 318 g/mol. The largest absolute Gasteiger partial charge is 0.464 e. The second-order valence-corrected chi connectivity index (χ2v) is 8.44. The summed E-state index contributed by atoms with van der Waals surface area (Å²) in [6.07, 6.45) is 0. The van der Waals surface area contributed by atoms with Gasteiger partial charge >= 0.3 is 0 Å². The summed E-state index contributed by atoms with van der Waals surface area (Å²) >= 11 is 1.82. The van der Waals surface area contributed by atoms with Crippen LogP contribution in [0.4, 0.5) is 0 Å². The Bertz CT molecular complexity index is 568. The van der Waals surface area contributed by atoms with E-state index in [-0.39, 0.29) is 6.04 Å². The van der Waals surface area contributed by atoms with E-state index in [1.165, 1.54) is 0 Å². The van der Waals surface area contributed by atoms with Crippen molar-refractivity contribution in [2.24, 2.45) is 0 Å². The Morgan fingerprint density at radius 3 is 2.85 bits per heavy atom. The molecule has 0 aromatic carbocycles. The van der Waals surface area contributed by atoms with Gasteiger partial charge in [-0.15, -0.1) is 0 Å². The standard InChI is InChI=1S/C13H22N2O3S2/c1-9-11(3)19-6-5-15(9)20(16,17)13-7-12(8-14-4)18-10(13)2/h7,9,11,14H,5-6,8H2,1-4H3. The van der Waals surface area contributed by atoms with Crippen LogP contribution in [-0.4, -0.2) is 43.4 Å². The molecule has 0 bridgehead atoms. The van der Waals surface area contributed by atoms with E-state index < -0.39 is 10.0 Å². The second kappa shape index (κ2) is 6.09. The first-order valence-electron chi connectivity index (χ1n) is 6.75. The van der Waals surface area contributed by atoms with E-state index in [2.05, 4.69) is 12.2 Å². The second-order valence-electron chi connectivity index (χ2n) is 5.10. The number of nitrogens with zero attached hydrogens (tertiary/aromatic N) is 1. The van der Waals surface area contributed by atoms with Crippen LogP contribution >= 0.6 is 11.8 Å². The number of hydrogen-bond donors (Lipinski definition) is 1. The molecular formula is C13H22N2O3S2. The Labute approximate surface area is 125 Å². The van der Waals surface area contributed by atoms with E-state index in [1.54, 1.807) is 24.3 Å². The molecule has 1 aliphatic rings. The van der Waals surface area contributed by atoms with Crippen LogP contribution in [0.3, 0.4) is 0 Å². The molecule has 0 radical (unpaired) electrons. The third-order valence-electron chi connectivity index (χ3n) is 3.69. The lowest BCUT2D eigenvalue weighted by Gasteiger charge is -2.36. The lowest BCUT2D eigenvalue weighted by atomic mass is 10.2. The molecule has 0 saturated carbocycles. The Morgan fingerprint density at radius 1 is 1.50 bits per heavy atom. The Hall–Kier alpha value is -0.500. The van der Waals surface area contributed by atoms with Gasteiger partial charge in [-0.05, 0) is 20.9 Å². The van der Waals surface area contributed by atoms with Gasteiger partial charge in [0.15, 0.2) is 0 Å². The van der Waals surface area contributed by atoms with E-state index in [9.17, 15) is 8.42 Å². The molecule has 2 unspecified atom stereocenters. The summed E-state index contributed by atoms with van der Waals surface area (Å²) in [5, 5.41) is 3.27. The van der Waals surface area contributed by atoms with Gasteiger partial charge < -0.3 is 9.73 Å². The molecule has 114 valence electrons. The molecule has 1 aromatic rings. The maximum Gasteiger partial charge on any atom is 0.246 e. The summed E-state index contributed by atoms with van der Waals surface area (Å²) in [5.41, 5.74) is 0. The number of rotatable bonds is 4. The minimum Gasteiger partial charge on any atom is -0.464 e. The van der Waals surface area contributed by atoms with Crippen molar-refractivity contribution < 1.29 is 12.8 Å². The zero-order valence-corrected chi connectivity index (χ0v) is 14.0. The van der Waals surface area contributed by atoms with Crippen molar-refractivity contribution >= 4 is 21.8 Å². The molecule has 0 aliphatic carbocycles. The van der Waals surface area contributed by atoms with Crippen LogP contribution in [0.5, 0.6) is 0 Å². The molecule has 2 rings (SSSR count). The van der Waals surface area contributed by atoms with Crippen molar-refractivity contribution in [1.82, 2.24) is 9.62 Å². The van der Waals surface area contributed by atoms with Crippen LogP contribution < -0.4 is 5.32 Å². The Morgan fingerprint density at radius 2 is 2.20 bits per heavy atom. The molecule has 2 atom stereocenters. The molecule has 20 heavy (non-hydrogen) atoms. The number of thioether (sulfide) groups is 1. The van der Waals surface area contributed by atoms with E-state index in [4.69, 9.17) is 4.42 Å². The van der Waals surface area contributed by atoms with Crippen LogP contribution in [0.25, 0.3) is 0 Å². The summed E-state index contributed by atoms with van der Waals surface area (Å²) < 4.78 is 32.8. The predicted octanol–water partition coefficient (Wildman–Crippen LogP) is 1.82. The maximum absolute atomic E-state index is 12.8. The zero-order chi connectivity index (χ0) is 14.9. The fraction of sp³-hybridized carbons (Fsp3) is 0.692. The van der Waals surface area contributed by atoms with E-state index in [0.29, 0.717) is 34.8 Å². The van der Waals surface area contributed by atoms with Gasteiger partial charge in [0.1, 0.15) is 16.4 Å². The van der Waals surface area contributed by atoms with Crippen LogP contribution in [0.2, 0.25) is 0 Å². The van der Waals surface area contributed by atoms with Gasteiger partial charge in [0.05, 0.1) is 6.54 Å². The zero-order valence-electron chi connectivity index (χ0n) is 12.3. The Kier molecular flexibility index (Phi) is 4.84. The minimum absolute atomic E-state index is 0.000741. The normalized spacial score (nSPS) is 25.0. The van der Waals surface area contributed by atoms with Crippen LogP contribution in [0.1, 0.15) is 25.4 Å². The lowest BCUT2D eigenvalue weighted by molar-refractivity contribution is 0.339. The third-order valence-corrected chi connectivity index (χ3v) is 7.12. The molecule has 1 aliphatic heterocycles. The van der Waals surface area contributed by atoms with Gasteiger partial charge in [-0.25, -0.2) is 8.42 Å². The molecule has 1 N–H and O–H groups in total. The number of aryl methyl sites for hydroxylation is 1. The quantitative estimate of drug-likeness (QED) is 0.917. The van der Waals surface area contributed by atoms with Crippen molar-refractivity contribution in [1.29, 1.82) is 0 Å². The summed E-state index contributed by atoms with van der Waals surface area (Å²) in [6.45, 7) is 6.84. The van der Waals surface area contributed by atoms with Crippen molar-refractivity contribution in [2.45, 2.75) is 43.5 Å². The van der Waals surface area contributed by atoms with E-state index >= 15 is 0 Å². The highest BCUT2D eigenvalue weighted by Crippen LogP contribution is 2.31. The predicted molar refractivity (Wildman–Crippen MR) is 81.5 cm³/mol. The van der Waals surface area contributed by atoms with Crippen molar-refractivity contribution in [3.63, 3.8) is 0 Å². The van der Waals surface area contributed by atoms with Crippen molar-refractivity contribution in [3.8, 4) is 0 Å². The minimum atomic E-state index is -3.47. The van der Waals surface area contributed by atoms with Crippen LogP contribution in [0, 0.1) is 6.92 Å². The number of nitrogens with one attached hydrogen (secondary N) is 1. The summed E-state index contributed by atoms with van der Waals surface area (Å²) in [4.78, 5) is 0.300. The molecule has 5 nitrogen and oxygen atoms in total. The fourth-order valence-electron chi connectivity index (χ4n) is 2.41. The van der Waals surface area contributed by atoms with Gasteiger partial charge in [-0.2, -0.15) is 16.1 Å². The van der Waals surface area contributed by atoms with Gasteiger partial charge in [0.25, 0.3) is 0 Å². The molecule has 0 amide bonds. The van der Waals surface area contributed by atoms with Gasteiger partial charge in [0, 0.05) is 29.7 Å². The molecule has 7 heteroatoms. The van der Waals surface area contributed by atoms with Gasteiger partial charge in [0.2, 0.25) is 10.0 Å². The molecule has 0 spiro atoms. The fourth-order valence-corrected chi connectivity index (χ4v) is 5.59. The molecule has 1 saturated heterocycles. The van der Waals surface area contributed by atoms with Crippen molar-refractivity contribution in [2.75, 3.05) is 19.3 Å². The molecule has 1 aromatic heterocycles. The highest BCUT2D eigenvalue weighted by atomic mass is 32.2. The molecule has 2 heterocycles. The smallest absolute Gasteiger partial charge is 0.246 e. The topological polar surface area (TPSA) is 62.6 Å². The maximum atomic E-state index is 12.8. The van der Waals surface area contributed by atoms with E-state index in [0.717, 1.165) is 5.75 Å². The first-order chi connectivity index (χ1) is 9.37. The van der Waals surface area contributed by atoms with Crippen molar-refractivity contribution in [3.05, 3.63) is 17.6 Å². The average molecular weight is 318 g/mol. The highest BCUT2D eigenvalue weighted by molar-refractivity contribution is 8.00. The number of furan rings is 1. The number of sulfonamides is 1. The van der Waals surface area contributed by atoms with E-state index in [1.807, 2.05) is 18.7 Å². The first-order valence-corrected chi connectivity index (χ1v) is 9.24. The molecule has 1 fully saturated rings. The van der Waals surface area contributed by atoms with Gasteiger partial charge in [-0.3, -0.25) is 0 Å². The average Bonchev–Trinajstić information content (AvgIpc) is 2.75. The van der Waals surface area contributed by atoms with Crippen LogP contribution in [0.15, 0.2) is 15.4 Å². The molecular weight excluding hydrogens is 296 g/mol. The lowest BCUT2D eigenvalue weighted by Crippen LogP contribution is -2.47. The summed E-state index contributed by atoms with van der Waals surface area (Å²) in [7, 11) is -1.67.